The van der Waals surface area contributed by atoms with E-state index in [2.05, 4.69) is 50.4 Å². The number of fused-ring (bicyclic) bond motifs is 1. The second-order valence-electron chi connectivity index (χ2n) is 9.28. The summed E-state index contributed by atoms with van der Waals surface area (Å²) in [5.41, 5.74) is 5.13. The van der Waals surface area contributed by atoms with Crippen LogP contribution in [-0.2, 0) is 11.2 Å². The van der Waals surface area contributed by atoms with Crippen molar-refractivity contribution in [1.82, 2.24) is 10.2 Å². The van der Waals surface area contributed by atoms with E-state index >= 15 is 0 Å². The molecule has 0 fully saturated rings. The van der Waals surface area contributed by atoms with Crippen molar-refractivity contribution in [2.75, 3.05) is 19.7 Å². The number of aryl methyl sites for hydroxylation is 1. The molecule has 1 aliphatic rings. The van der Waals surface area contributed by atoms with Crippen molar-refractivity contribution in [2.24, 2.45) is 5.92 Å². The summed E-state index contributed by atoms with van der Waals surface area (Å²) in [6, 6.07) is 23.5. The molecule has 0 saturated carbocycles. The predicted octanol–water partition coefficient (Wildman–Crippen LogP) is 4.93. The maximum atomic E-state index is 13.5. The lowest BCUT2D eigenvalue weighted by atomic mass is 9.87. The van der Waals surface area contributed by atoms with Gasteiger partial charge in [0.15, 0.2) is 6.61 Å². The molecular weight excluding hydrogens is 424 g/mol. The van der Waals surface area contributed by atoms with Gasteiger partial charge in [-0.3, -0.25) is 9.59 Å². The Morgan fingerprint density at radius 3 is 2.56 bits per heavy atom. The third-order valence-electron chi connectivity index (χ3n) is 6.06. The molecule has 0 saturated heterocycles. The standard InChI is InChI=1S/C29H32N2O3/c1-20(2)18-30-27(32)19-34-25-13-12-22-14-15-31(29(33)23-9-5-4-6-10-23)28(26(22)17-25)24-11-7-8-21(3)16-24/h4-13,16-17,20,28H,14-15,18-19H2,1-3H3,(H,30,32). The molecule has 1 N–H and O–H groups in total. The zero-order valence-electron chi connectivity index (χ0n) is 20.1. The fourth-order valence-electron chi connectivity index (χ4n) is 4.37. The second kappa shape index (κ2) is 10.6. The van der Waals surface area contributed by atoms with Crippen LogP contribution in [0.15, 0.2) is 72.8 Å². The Bertz CT molecular complexity index is 1160. The number of hydrogen-bond acceptors (Lipinski definition) is 3. The van der Waals surface area contributed by atoms with Gasteiger partial charge in [-0.25, -0.2) is 0 Å². The van der Waals surface area contributed by atoms with Gasteiger partial charge < -0.3 is 15.0 Å². The Hall–Kier alpha value is -3.60. The molecule has 1 heterocycles. The topological polar surface area (TPSA) is 58.6 Å². The van der Waals surface area contributed by atoms with E-state index < -0.39 is 0 Å². The van der Waals surface area contributed by atoms with Gasteiger partial charge in [0, 0.05) is 18.7 Å². The monoisotopic (exact) mass is 456 g/mol. The molecule has 1 aliphatic heterocycles. The van der Waals surface area contributed by atoms with Gasteiger partial charge in [-0.2, -0.15) is 0 Å². The smallest absolute Gasteiger partial charge is 0.257 e. The molecule has 0 aliphatic carbocycles. The minimum absolute atomic E-state index is 0.0112. The van der Waals surface area contributed by atoms with Crippen molar-refractivity contribution in [3.8, 4) is 5.75 Å². The van der Waals surface area contributed by atoms with Gasteiger partial charge in [-0.05, 0) is 60.2 Å². The van der Waals surface area contributed by atoms with Crippen LogP contribution in [-0.4, -0.2) is 36.4 Å². The number of benzene rings is 3. The summed E-state index contributed by atoms with van der Waals surface area (Å²) in [6.45, 7) is 7.39. The highest BCUT2D eigenvalue weighted by Gasteiger charge is 2.33. The summed E-state index contributed by atoms with van der Waals surface area (Å²) in [5, 5.41) is 2.88. The van der Waals surface area contributed by atoms with E-state index in [1.165, 1.54) is 5.56 Å². The van der Waals surface area contributed by atoms with Crippen molar-refractivity contribution >= 4 is 11.8 Å². The van der Waals surface area contributed by atoms with Gasteiger partial charge in [-0.1, -0.05) is 67.9 Å². The maximum absolute atomic E-state index is 13.5. The van der Waals surface area contributed by atoms with Gasteiger partial charge in [0.25, 0.3) is 11.8 Å². The molecule has 3 aromatic rings. The number of nitrogens with zero attached hydrogens (tertiary/aromatic N) is 1. The summed E-state index contributed by atoms with van der Waals surface area (Å²) >= 11 is 0. The molecule has 5 heteroatoms. The van der Waals surface area contributed by atoms with Crippen LogP contribution in [0.25, 0.3) is 0 Å². The summed E-state index contributed by atoms with van der Waals surface area (Å²) in [7, 11) is 0. The van der Waals surface area contributed by atoms with Gasteiger partial charge in [0.05, 0.1) is 6.04 Å². The lowest BCUT2D eigenvalue weighted by Crippen LogP contribution is -2.40. The third kappa shape index (κ3) is 5.48. The first-order valence-corrected chi connectivity index (χ1v) is 11.9. The highest BCUT2D eigenvalue weighted by molar-refractivity contribution is 5.95. The SMILES string of the molecule is Cc1cccc(C2c3cc(OCC(=O)NCC(C)C)ccc3CCN2C(=O)c2ccccc2)c1. The predicted molar refractivity (Wildman–Crippen MR) is 134 cm³/mol. The molecular formula is C29H32N2O3. The fraction of sp³-hybridized carbons (Fsp3) is 0.310. The van der Waals surface area contributed by atoms with Crippen LogP contribution in [0, 0.1) is 12.8 Å². The second-order valence-corrected chi connectivity index (χ2v) is 9.28. The zero-order valence-corrected chi connectivity index (χ0v) is 20.1. The average Bonchev–Trinajstić information content (AvgIpc) is 2.85. The number of carbonyl (C=O) groups excluding carboxylic acids is 2. The first-order valence-electron chi connectivity index (χ1n) is 11.9. The highest BCUT2D eigenvalue weighted by Crippen LogP contribution is 2.38. The normalized spacial score (nSPS) is 15.1. The molecule has 2 amide bonds. The average molecular weight is 457 g/mol. The van der Waals surface area contributed by atoms with Crippen LogP contribution in [0.3, 0.4) is 0 Å². The van der Waals surface area contributed by atoms with E-state index in [4.69, 9.17) is 4.74 Å². The molecule has 0 bridgehead atoms. The van der Waals surface area contributed by atoms with Crippen LogP contribution in [0.5, 0.6) is 5.75 Å². The van der Waals surface area contributed by atoms with Crippen molar-refractivity contribution in [3.63, 3.8) is 0 Å². The summed E-state index contributed by atoms with van der Waals surface area (Å²) in [6.07, 6.45) is 0.769. The molecule has 34 heavy (non-hydrogen) atoms. The van der Waals surface area contributed by atoms with Crippen LogP contribution < -0.4 is 10.1 Å². The van der Waals surface area contributed by atoms with E-state index in [0.29, 0.717) is 30.3 Å². The highest BCUT2D eigenvalue weighted by atomic mass is 16.5. The van der Waals surface area contributed by atoms with Crippen LogP contribution in [0.4, 0.5) is 0 Å². The molecule has 0 spiro atoms. The number of rotatable bonds is 7. The largest absolute Gasteiger partial charge is 0.484 e. The van der Waals surface area contributed by atoms with Gasteiger partial charge in [0.2, 0.25) is 0 Å². The number of hydrogen-bond donors (Lipinski definition) is 1. The Morgan fingerprint density at radius 2 is 1.82 bits per heavy atom. The first kappa shape index (κ1) is 23.6. The third-order valence-corrected chi connectivity index (χ3v) is 6.06. The Labute approximate surface area is 201 Å². The van der Waals surface area contributed by atoms with E-state index in [1.54, 1.807) is 0 Å². The van der Waals surface area contributed by atoms with Crippen LogP contribution >= 0.6 is 0 Å². The van der Waals surface area contributed by atoms with E-state index in [0.717, 1.165) is 23.1 Å². The molecule has 1 unspecified atom stereocenters. The van der Waals surface area contributed by atoms with E-state index in [9.17, 15) is 9.59 Å². The van der Waals surface area contributed by atoms with Crippen LogP contribution in [0.2, 0.25) is 0 Å². The lowest BCUT2D eigenvalue weighted by Gasteiger charge is -2.38. The summed E-state index contributed by atoms with van der Waals surface area (Å²) in [5.74, 6) is 0.890. The van der Waals surface area contributed by atoms with Crippen molar-refractivity contribution in [2.45, 2.75) is 33.2 Å². The van der Waals surface area contributed by atoms with Crippen molar-refractivity contribution in [3.05, 3.63) is 101 Å². The minimum atomic E-state index is -0.227. The summed E-state index contributed by atoms with van der Waals surface area (Å²) in [4.78, 5) is 27.6. The number of carbonyl (C=O) groups is 2. The molecule has 4 rings (SSSR count). The summed E-state index contributed by atoms with van der Waals surface area (Å²) < 4.78 is 5.84. The number of amides is 2. The van der Waals surface area contributed by atoms with Crippen molar-refractivity contribution < 1.29 is 14.3 Å². The van der Waals surface area contributed by atoms with E-state index in [1.807, 2.05) is 53.4 Å². The fourth-order valence-corrected chi connectivity index (χ4v) is 4.37. The molecule has 5 nitrogen and oxygen atoms in total. The number of nitrogens with one attached hydrogen (secondary N) is 1. The first-order chi connectivity index (χ1) is 16.4. The van der Waals surface area contributed by atoms with Gasteiger partial charge in [-0.15, -0.1) is 0 Å². The number of ether oxygens (including phenoxy) is 1. The lowest BCUT2D eigenvalue weighted by molar-refractivity contribution is -0.123. The molecule has 176 valence electrons. The Balaban J connectivity index is 1.65. The maximum Gasteiger partial charge on any atom is 0.257 e. The molecule has 3 aromatic carbocycles. The zero-order chi connectivity index (χ0) is 24.1. The molecule has 0 radical (unpaired) electrons. The molecule has 0 aromatic heterocycles. The van der Waals surface area contributed by atoms with Gasteiger partial charge in [0.1, 0.15) is 5.75 Å². The van der Waals surface area contributed by atoms with Gasteiger partial charge >= 0.3 is 0 Å². The van der Waals surface area contributed by atoms with Crippen LogP contribution in [0.1, 0.15) is 52.5 Å². The minimum Gasteiger partial charge on any atom is -0.484 e. The molecule has 1 atom stereocenters. The van der Waals surface area contributed by atoms with Crippen molar-refractivity contribution in [1.29, 1.82) is 0 Å². The quantitative estimate of drug-likeness (QED) is 0.548. The Kier molecular flexibility index (Phi) is 7.31. The Morgan fingerprint density at radius 1 is 1.03 bits per heavy atom. The van der Waals surface area contributed by atoms with E-state index in [-0.39, 0.29) is 24.5 Å².